The molecule has 21 heavy (non-hydrogen) atoms. The first-order valence-corrected chi connectivity index (χ1v) is 8.16. The van der Waals surface area contributed by atoms with E-state index in [0.717, 1.165) is 26.1 Å². The molecule has 1 aliphatic heterocycles. The van der Waals surface area contributed by atoms with Crippen molar-refractivity contribution in [1.29, 1.82) is 0 Å². The minimum Gasteiger partial charge on any atom is -0.355 e. The van der Waals surface area contributed by atoms with E-state index in [4.69, 9.17) is 0 Å². The van der Waals surface area contributed by atoms with Crippen LogP contribution in [0.25, 0.3) is 0 Å². The van der Waals surface area contributed by atoms with E-state index in [-0.39, 0.29) is 11.8 Å². The average molecular weight is 286 g/mol. The molecule has 2 aliphatic rings. The highest BCUT2D eigenvalue weighted by Gasteiger charge is 2.57. The van der Waals surface area contributed by atoms with E-state index in [0.29, 0.717) is 11.3 Å². The third-order valence-corrected chi connectivity index (χ3v) is 5.30. The Hall–Kier alpha value is -1.35. The van der Waals surface area contributed by atoms with Gasteiger partial charge in [0.05, 0.1) is 0 Å². The number of hydrogen-bond donors (Lipinski definition) is 2. The van der Waals surface area contributed by atoms with E-state index in [1.807, 2.05) is 0 Å². The normalized spacial score (nSPS) is 24.6. The Morgan fingerprint density at radius 1 is 1.43 bits per heavy atom. The van der Waals surface area contributed by atoms with Crippen molar-refractivity contribution in [3.63, 3.8) is 0 Å². The van der Waals surface area contributed by atoms with Gasteiger partial charge in [0.1, 0.15) is 0 Å². The third-order valence-electron chi connectivity index (χ3n) is 5.30. The molecular weight excluding hydrogens is 260 g/mol. The molecule has 0 radical (unpaired) electrons. The van der Waals surface area contributed by atoms with Crippen molar-refractivity contribution >= 4 is 5.91 Å². The van der Waals surface area contributed by atoms with E-state index in [1.54, 1.807) is 0 Å². The van der Waals surface area contributed by atoms with E-state index < -0.39 is 0 Å². The second-order valence-electron chi connectivity index (χ2n) is 6.93. The monoisotopic (exact) mass is 286 g/mol. The van der Waals surface area contributed by atoms with Crippen LogP contribution in [0.5, 0.6) is 0 Å². The van der Waals surface area contributed by atoms with E-state index in [1.165, 1.54) is 24.0 Å². The number of aryl methyl sites for hydroxylation is 1. The fraction of sp³-hybridized carbons (Fsp3) is 0.611. The molecule has 2 unspecified atom stereocenters. The SMILES string of the molecule is Cc1cccc(C(C)CNC(=O)C2CC23CCNCC3)c1. The maximum atomic E-state index is 12.3. The number of amides is 1. The third kappa shape index (κ3) is 3.13. The summed E-state index contributed by atoms with van der Waals surface area (Å²) in [6.07, 6.45) is 3.43. The van der Waals surface area contributed by atoms with Gasteiger partial charge in [0.15, 0.2) is 0 Å². The molecule has 1 aromatic carbocycles. The summed E-state index contributed by atoms with van der Waals surface area (Å²) in [4.78, 5) is 12.3. The number of benzene rings is 1. The highest BCUT2D eigenvalue weighted by molar-refractivity contribution is 5.82. The fourth-order valence-electron chi connectivity index (χ4n) is 3.67. The summed E-state index contributed by atoms with van der Waals surface area (Å²) in [5, 5.41) is 6.56. The molecular formula is C18H26N2O. The zero-order chi connectivity index (χ0) is 14.9. The summed E-state index contributed by atoms with van der Waals surface area (Å²) >= 11 is 0. The molecule has 0 aromatic heterocycles. The van der Waals surface area contributed by atoms with Crippen molar-refractivity contribution in [2.45, 2.75) is 39.0 Å². The van der Waals surface area contributed by atoms with Crippen molar-refractivity contribution in [3.8, 4) is 0 Å². The van der Waals surface area contributed by atoms with Gasteiger partial charge in [-0.1, -0.05) is 36.8 Å². The molecule has 1 saturated heterocycles. The summed E-state index contributed by atoms with van der Waals surface area (Å²) < 4.78 is 0. The average Bonchev–Trinajstić information content (AvgIpc) is 3.18. The van der Waals surface area contributed by atoms with Crippen LogP contribution in [0.2, 0.25) is 0 Å². The fourth-order valence-corrected chi connectivity index (χ4v) is 3.67. The minimum atomic E-state index is 0.268. The van der Waals surface area contributed by atoms with Gasteiger partial charge in [-0.05, 0) is 56.2 Å². The zero-order valence-electron chi connectivity index (χ0n) is 13.1. The standard InChI is InChI=1S/C18H26N2O/c1-13-4-3-5-15(10-13)14(2)12-20-17(21)16-11-18(16)6-8-19-9-7-18/h3-5,10,14,16,19H,6-9,11-12H2,1-2H3,(H,20,21). The lowest BCUT2D eigenvalue weighted by atomic mass is 9.91. The molecule has 1 aliphatic carbocycles. The van der Waals surface area contributed by atoms with Crippen LogP contribution in [-0.4, -0.2) is 25.5 Å². The summed E-state index contributed by atoms with van der Waals surface area (Å²) in [5.74, 6) is 0.914. The Kier molecular flexibility index (Phi) is 4.03. The lowest BCUT2D eigenvalue weighted by Crippen LogP contribution is -2.34. The second kappa shape index (κ2) is 5.80. The molecule has 2 fully saturated rings. The van der Waals surface area contributed by atoms with Crippen molar-refractivity contribution in [2.75, 3.05) is 19.6 Å². The van der Waals surface area contributed by atoms with Gasteiger partial charge in [-0.2, -0.15) is 0 Å². The number of rotatable bonds is 4. The first kappa shape index (κ1) is 14.6. The zero-order valence-corrected chi connectivity index (χ0v) is 13.1. The predicted octanol–water partition coefficient (Wildman–Crippen LogP) is 2.60. The smallest absolute Gasteiger partial charge is 0.223 e. The number of carbonyl (C=O) groups excluding carboxylic acids is 1. The summed E-state index contributed by atoms with van der Waals surface area (Å²) in [6, 6.07) is 8.56. The highest BCUT2D eigenvalue weighted by atomic mass is 16.2. The van der Waals surface area contributed by atoms with Crippen molar-refractivity contribution < 1.29 is 4.79 Å². The molecule has 2 atom stereocenters. The number of hydrogen-bond acceptors (Lipinski definition) is 2. The van der Waals surface area contributed by atoms with Crippen LogP contribution >= 0.6 is 0 Å². The molecule has 1 saturated carbocycles. The molecule has 1 spiro atoms. The van der Waals surface area contributed by atoms with Crippen LogP contribution in [-0.2, 0) is 4.79 Å². The molecule has 1 heterocycles. The van der Waals surface area contributed by atoms with Gasteiger partial charge in [-0.3, -0.25) is 4.79 Å². The molecule has 0 bridgehead atoms. The van der Waals surface area contributed by atoms with Gasteiger partial charge in [0.2, 0.25) is 5.91 Å². The van der Waals surface area contributed by atoms with Gasteiger partial charge in [0, 0.05) is 12.5 Å². The number of piperidine rings is 1. The van der Waals surface area contributed by atoms with Crippen molar-refractivity contribution in [3.05, 3.63) is 35.4 Å². The second-order valence-corrected chi connectivity index (χ2v) is 6.93. The first-order chi connectivity index (χ1) is 10.1. The van der Waals surface area contributed by atoms with Crippen LogP contribution in [0.15, 0.2) is 24.3 Å². The van der Waals surface area contributed by atoms with Crippen molar-refractivity contribution in [2.24, 2.45) is 11.3 Å². The van der Waals surface area contributed by atoms with Gasteiger partial charge in [0.25, 0.3) is 0 Å². The number of carbonyl (C=O) groups is 1. The molecule has 1 aromatic rings. The Labute approximate surface area is 127 Å². The molecule has 1 amide bonds. The van der Waals surface area contributed by atoms with Crippen LogP contribution in [0.1, 0.15) is 43.2 Å². The molecule has 3 nitrogen and oxygen atoms in total. The van der Waals surface area contributed by atoms with E-state index in [2.05, 4.69) is 48.7 Å². The lowest BCUT2D eigenvalue weighted by molar-refractivity contribution is -0.123. The lowest BCUT2D eigenvalue weighted by Gasteiger charge is -2.23. The molecule has 3 heteroatoms. The van der Waals surface area contributed by atoms with Crippen LogP contribution in [0.3, 0.4) is 0 Å². The summed E-state index contributed by atoms with van der Waals surface area (Å²) in [7, 11) is 0. The highest BCUT2D eigenvalue weighted by Crippen LogP contribution is 2.58. The topological polar surface area (TPSA) is 41.1 Å². The Balaban J connectivity index is 1.50. The summed E-state index contributed by atoms with van der Waals surface area (Å²) in [5.41, 5.74) is 2.92. The van der Waals surface area contributed by atoms with Crippen molar-refractivity contribution in [1.82, 2.24) is 10.6 Å². The van der Waals surface area contributed by atoms with E-state index >= 15 is 0 Å². The molecule has 114 valence electrons. The van der Waals surface area contributed by atoms with Crippen LogP contribution in [0.4, 0.5) is 0 Å². The van der Waals surface area contributed by atoms with Crippen LogP contribution < -0.4 is 10.6 Å². The van der Waals surface area contributed by atoms with Gasteiger partial charge in [-0.25, -0.2) is 0 Å². The largest absolute Gasteiger partial charge is 0.355 e. The first-order valence-electron chi connectivity index (χ1n) is 8.16. The van der Waals surface area contributed by atoms with Gasteiger partial charge in [-0.15, -0.1) is 0 Å². The van der Waals surface area contributed by atoms with Gasteiger partial charge < -0.3 is 10.6 Å². The maximum absolute atomic E-state index is 12.3. The maximum Gasteiger partial charge on any atom is 0.223 e. The Bertz CT molecular complexity index is 520. The molecule has 2 N–H and O–H groups in total. The quantitative estimate of drug-likeness (QED) is 0.893. The summed E-state index contributed by atoms with van der Waals surface area (Å²) in [6.45, 7) is 7.18. The predicted molar refractivity (Wildman–Crippen MR) is 85.2 cm³/mol. The van der Waals surface area contributed by atoms with Crippen LogP contribution in [0, 0.1) is 18.3 Å². The molecule has 3 rings (SSSR count). The minimum absolute atomic E-state index is 0.268. The van der Waals surface area contributed by atoms with Gasteiger partial charge >= 0.3 is 0 Å². The van der Waals surface area contributed by atoms with E-state index in [9.17, 15) is 4.79 Å². The Morgan fingerprint density at radius 2 is 2.19 bits per heavy atom. The Morgan fingerprint density at radius 3 is 2.90 bits per heavy atom. The number of nitrogens with one attached hydrogen (secondary N) is 2.